The maximum Gasteiger partial charge on any atom is 0.339 e. The van der Waals surface area contributed by atoms with Crippen molar-refractivity contribution >= 4 is 24.1 Å². The number of rotatable bonds is 1. The van der Waals surface area contributed by atoms with E-state index in [9.17, 15) is 4.79 Å². The number of ether oxygens (including phenoxy) is 1. The van der Waals surface area contributed by atoms with Gasteiger partial charge < -0.3 is 10.5 Å². The molecule has 0 aromatic heterocycles. The van der Waals surface area contributed by atoms with Crippen LogP contribution >= 0.6 is 12.4 Å². The molecule has 16 heavy (non-hydrogen) atoms. The van der Waals surface area contributed by atoms with Gasteiger partial charge in [-0.05, 0) is 48.9 Å². The number of hydrogen-bond acceptors (Lipinski definition) is 3. The molecule has 0 saturated heterocycles. The number of halogens is 1. The van der Waals surface area contributed by atoms with Crippen molar-refractivity contribution in [3.05, 3.63) is 28.8 Å². The molecule has 1 aromatic carbocycles. The van der Waals surface area contributed by atoms with Crippen molar-refractivity contribution in [3.63, 3.8) is 0 Å². The van der Waals surface area contributed by atoms with E-state index in [4.69, 9.17) is 5.73 Å². The van der Waals surface area contributed by atoms with Gasteiger partial charge in [-0.3, -0.25) is 0 Å². The molecule has 2 rings (SSSR count). The Balaban J connectivity index is 0.00000128. The Kier molecular flexibility index (Phi) is 4.19. The van der Waals surface area contributed by atoms with Crippen LogP contribution in [0.25, 0.3) is 0 Å². The third-order valence-corrected chi connectivity index (χ3v) is 2.92. The molecule has 4 heteroatoms. The van der Waals surface area contributed by atoms with Crippen molar-refractivity contribution in [2.45, 2.75) is 25.7 Å². The van der Waals surface area contributed by atoms with E-state index >= 15 is 0 Å². The van der Waals surface area contributed by atoms with Gasteiger partial charge >= 0.3 is 5.97 Å². The molecule has 0 radical (unpaired) electrons. The maximum absolute atomic E-state index is 11.4. The molecule has 88 valence electrons. The number of anilines is 1. The number of methoxy groups -OCH3 is 1. The average molecular weight is 242 g/mol. The first-order chi connectivity index (χ1) is 7.22. The van der Waals surface area contributed by atoms with Crippen LogP contribution in [0.15, 0.2) is 12.1 Å². The van der Waals surface area contributed by atoms with Gasteiger partial charge in [-0.25, -0.2) is 4.79 Å². The van der Waals surface area contributed by atoms with Crippen LogP contribution in [0.2, 0.25) is 0 Å². The van der Waals surface area contributed by atoms with E-state index in [1.165, 1.54) is 31.1 Å². The van der Waals surface area contributed by atoms with Gasteiger partial charge in [0, 0.05) is 5.69 Å². The first kappa shape index (κ1) is 12.8. The SMILES string of the molecule is COC(=O)c1cc2c(cc1N)CCCC2.Cl. The number of hydrogen-bond donors (Lipinski definition) is 1. The highest BCUT2D eigenvalue weighted by Gasteiger charge is 2.16. The number of esters is 1. The molecule has 0 atom stereocenters. The average Bonchev–Trinajstić information content (AvgIpc) is 2.27. The standard InChI is InChI=1S/C12H15NO2.ClH/c1-15-12(14)10-6-8-4-2-3-5-9(8)7-11(10)13;/h6-7H,2-5,13H2,1H3;1H. The second kappa shape index (κ2) is 5.21. The molecule has 0 amide bonds. The summed E-state index contributed by atoms with van der Waals surface area (Å²) in [6.07, 6.45) is 4.52. The smallest absolute Gasteiger partial charge is 0.339 e. The van der Waals surface area contributed by atoms with E-state index in [0.717, 1.165) is 12.8 Å². The van der Waals surface area contributed by atoms with Gasteiger partial charge in [0.2, 0.25) is 0 Å². The van der Waals surface area contributed by atoms with Crippen LogP contribution in [0.3, 0.4) is 0 Å². The minimum absolute atomic E-state index is 0. The molecule has 1 aromatic rings. The Labute approximate surface area is 101 Å². The molecule has 2 N–H and O–H groups in total. The second-order valence-electron chi connectivity index (χ2n) is 3.91. The number of carbonyl (C=O) groups excluding carboxylic acids is 1. The monoisotopic (exact) mass is 241 g/mol. The van der Waals surface area contributed by atoms with Crippen molar-refractivity contribution in [1.29, 1.82) is 0 Å². The summed E-state index contributed by atoms with van der Waals surface area (Å²) in [6, 6.07) is 3.80. The molecule has 0 unspecified atom stereocenters. The Bertz CT molecular complexity index is 404. The van der Waals surface area contributed by atoms with Gasteiger partial charge in [-0.15, -0.1) is 12.4 Å². The van der Waals surface area contributed by atoms with Crippen LogP contribution in [0.5, 0.6) is 0 Å². The lowest BCUT2D eigenvalue weighted by molar-refractivity contribution is 0.0602. The molecular weight excluding hydrogens is 226 g/mol. The van der Waals surface area contributed by atoms with Crippen LogP contribution in [-0.2, 0) is 17.6 Å². The van der Waals surface area contributed by atoms with Crippen molar-refractivity contribution in [2.75, 3.05) is 12.8 Å². The molecular formula is C12H16ClNO2. The predicted octanol–water partition coefficient (Wildman–Crippen LogP) is 2.36. The quantitative estimate of drug-likeness (QED) is 0.607. The van der Waals surface area contributed by atoms with Crippen LogP contribution in [0, 0.1) is 0 Å². The highest BCUT2D eigenvalue weighted by molar-refractivity contribution is 5.95. The topological polar surface area (TPSA) is 52.3 Å². The van der Waals surface area contributed by atoms with Gasteiger partial charge in [0.15, 0.2) is 0 Å². The van der Waals surface area contributed by atoms with Crippen LogP contribution in [-0.4, -0.2) is 13.1 Å². The minimum Gasteiger partial charge on any atom is -0.465 e. The van der Waals surface area contributed by atoms with Crippen LogP contribution < -0.4 is 5.73 Å². The molecule has 0 fully saturated rings. The first-order valence-corrected chi connectivity index (χ1v) is 5.22. The summed E-state index contributed by atoms with van der Waals surface area (Å²) in [5.41, 5.74) is 9.38. The summed E-state index contributed by atoms with van der Waals surface area (Å²) in [4.78, 5) is 11.4. The summed E-state index contributed by atoms with van der Waals surface area (Å²) in [6.45, 7) is 0. The number of aryl methyl sites for hydroxylation is 2. The lowest BCUT2D eigenvalue weighted by atomic mass is 9.89. The van der Waals surface area contributed by atoms with Gasteiger partial charge in [0.1, 0.15) is 0 Å². The highest BCUT2D eigenvalue weighted by Crippen LogP contribution is 2.26. The fraction of sp³-hybridized carbons (Fsp3) is 0.417. The summed E-state index contributed by atoms with van der Waals surface area (Å²) < 4.78 is 4.69. The Morgan fingerprint density at radius 3 is 2.38 bits per heavy atom. The third kappa shape index (κ3) is 2.30. The number of nitrogens with two attached hydrogens (primary N) is 1. The zero-order valence-corrected chi connectivity index (χ0v) is 10.1. The van der Waals surface area contributed by atoms with Crippen molar-refractivity contribution in [2.24, 2.45) is 0 Å². The molecule has 0 heterocycles. The molecule has 0 bridgehead atoms. The van der Waals surface area contributed by atoms with Crippen LogP contribution in [0.4, 0.5) is 5.69 Å². The van der Waals surface area contributed by atoms with Crippen molar-refractivity contribution in [3.8, 4) is 0 Å². The molecule has 3 nitrogen and oxygen atoms in total. The fourth-order valence-electron chi connectivity index (χ4n) is 2.09. The van der Waals surface area contributed by atoms with Gasteiger partial charge in [-0.2, -0.15) is 0 Å². The van der Waals surface area contributed by atoms with E-state index in [1.807, 2.05) is 12.1 Å². The summed E-state index contributed by atoms with van der Waals surface area (Å²) >= 11 is 0. The Hall–Kier alpha value is -1.22. The molecule has 1 aliphatic carbocycles. The summed E-state index contributed by atoms with van der Waals surface area (Å²) in [5.74, 6) is -0.346. The van der Waals surface area contributed by atoms with E-state index in [2.05, 4.69) is 4.74 Å². The van der Waals surface area contributed by atoms with Gasteiger partial charge in [0.05, 0.1) is 12.7 Å². The molecule has 0 saturated carbocycles. The normalized spacial score (nSPS) is 13.6. The Morgan fingerprint density at radius 2 is 1.81 bits per heavy atom. The van der Waals surface area contributed by atoms with Gasteiger partial charge in [-0.1, -0.05) is 0 Å². The first-order valence-electron chi connectivity index (χ1n) is 5.22. The minimum atomic E-state index is -0.346. The predicted molar refractivity (Wildman–Crippen MR) is 66.1 cm³/mol. The van der Waals surface area contributed by atoms with Crippen LogP contribution in [0.1, 0.15) is 34.3 Å². The number of nitrogen functional groups attached to an aromatic ring is 1. The van der Waals surface area contributed by atoms with Crippen molar-refractivity contribution in [1.82, 2.24) is 0 Å². The molecule has 0 aliphatic heterocycles. The van der Waals surface area contributed by atoms with Gasteiger partial charge in [0.25, 0.3) is 0 Å². The number of benzene rings is 1. The zero-order chi connectivity index (χ0) is 10.8. The largest absolute Gasteiger partial charge is 0.465 e. The van der Waals surface area contributed by atoms with E-state index in [0.29, 0.717) is 11.3 Å². The highest BCUT2D eigenvalue weighted by atomic mass is 35.5. The number of carbonyl (C=O) groups is 1. The molecule has 0 spiro atoms. The summed E-state index contributed by atoms with van der Waals surface area (Å²) in [7, 11) is 1.38. The Morgan fingerprint density at radius 1 is 1.25 bits per heavy atom. The van der Waals surface area contributed by atoms with E-state index in [-0.39, 0.29) is 18.4 Å². The molecule has 1 aliphatic rings. The summed E-state index contributed by atoms with van der Waals surface area (Å²) in [5, 5.41) is 0. The fourth-order valence-corrected chi connectivity index (χ4v) is 2.09. The lowest BCUT2D eigenvalue weighted by Gasteiger charge is -2.17. The maximum atomic E-state index is 11.4. The second-order valence-corrected chi connectivity index (χ2v) is 3.91. The van der Waals surface area contributed by atoms with E-state index in [1.54, 1.807) is 0 Å². The van der Waals surface area contributed by atoms with Crippen molar-refractivity contribution < 1.29 is 9.53 Å². The van der Waals surface area contributed by atoms with E-state index < -0.39 is 0 Å². The number of fused-ring (bicyclic) bond motifs is 1. The third-order valence-electron chi connectivity index (χ3n) is 2.92. The zero-order valence-electron chi connectivity index (χ0n) is 9.29. The lowest BCUT2D eigenvalue weighted by Crippen LogP contribution is -2.10.